The van der Waals surface area contributed by atoms with E-state index in [0.717, 1.165) is 12.2 Å². The zero-order valence-corrected chi connectivity index (χ0v) is 7.49. The summed E-state index contributed by atoms with van der Waals surface area (Å²) in [5, 5.41) is 14.5. The molecule has 70 valence electrons. The summed E-state index contributed by atoms with van der Waals surface area (Å²) in [6.07, 6.45) is 0. The Bertz CT molecular complexity index is 292. The van der Waals surface area contributed by atoms with E-state index >= 15 is 0 Å². The van der Waals surface area contributed by atoms with Crippen molar-refractivity contribution in [3.8, 4) is 0 Å². The third kappa shape index (κ3) is 2.37. The number of rotatable bonds is 3. The third-order valence-electron chi connectivity index (χ3n) is 1.67. The number of anilines is 1. The van der Waals surface area contributed by atoms with E-state index in [9.17, 15) is 0 Å². The monoisotopic (exact) mass is 179 g/mol. The van der Waals surface area contributed by atoms with Gasteiger partial charge in [0.2, 0.25) is 0 Å². The quantitative estimate of drug-likeness (QED) is 0.283. The molecule has 0 aliphatic carbocycles. The average molecular weight is 179 g/mol. The molecule has 0 aliphatic heterocycles. The fraction of sp³-hybridized carbons (Fsp3) is 0.222. The lowest BCUT2D eigenvalue weighted by molar-refractivity contribution is 0.318. The first kappa shape index (κ1) is 9.38. The smallest absolute Gasteiger partial charge is 0.170 e. The van der Waals surface area contributed by atoms with Crippen LogP contribution >= 0.6 is 0 Å². The Kier molecular flexibility index (Phi) is 3.14. The predicted molar refractivity (Wildman–Crippen MR) is 53.1 cm³/mol. The van der Waals surface area contributed by atoms with Crippen LogP contribution in [0.15, 0.2) is 29.4 Å². The second kappa shape index (κ2) is 4.35. The first-order valence-electron chi connectivity index (χ1n) is 4.09. The van der Waals surface area contributed by atoms with E-state index in [2.05, 4.69) is 10.5 Å². The molecule has 1 aromatic carbocycles. The lowest BCUT2D eigenvalue weighted by atomic mass is 10.2. The number of amidine groups is 1. The van der Waals surface area contributed by atoms with Gasteiger partial charge in [0, 0.05) is 17.8 Å². The van der Waals surface area contributed by atoms with E-state index in [1.54, 1.807) is 12.1 Å². The molecule has 0 unspecified atom stereocenters. The summed E-state index contributed by atoms with van der Waals surface area (Å²) in [7, 11) is 0. The van der Waals surface area contributed by atoms with Crippen LogP contribution in [0.1, 0.15) is 12.5 Å². The van der Waals surface area contributed by atoms with E-state index < -0.39 is 0 Å². The van der Waals surface area contributed by atoms with Gasteiger partial charge in [0.1, 0.15) is 0 Å². The van der Waals surface area contributed by atoms with Crippen molar-refractivity contribution < 1.29 is 5.21 Å². The number of hydrogen-bond donors (Lipinski definition) is 3. The van der Waals surface area contributed by atoms with Gasteiger partial charge < -0.3 is 16.3 Å². The Hall–Kier alpha value is -1.71. The number of nitrogens with zero attached hydrogens (tertiary/aromatic N) is 1. The number of nitrogens with one attached hydrogen (secondary N) is 1. The van der Waals surface area contributed by atoms with E-state index in [1.165, 1.54) is 0 Å². The average Bonchev–Trinajstić information content (AvgIpc) is 2.18. The Morgan fingerprint density at radius 3 is 2.54 bits per heavy atom. The van der Waals surface area contributed by atoms with Crippen molar-refractivity contribution >= 4 is 11.5 Å². The van der Waals surface area contributed by atoms with Crippen LogP contribution in [0.4, 0.5) is 5.69 Å². The lowest BCUT2D eigenvalue weighted by Gasteiger charge is -2.03. The molecular formula is C9H13N3O. The molecule has 0 bridgehead atoms. The molecule has 0 amide bonds. The summed E-state index contributed by atoms with van der Waals surface area (Å²) < 4.78 is 0. The largest absolute Gasteiger partial charge is 0.409 e. The lowest BCUT2D eigenvalue weighted by Crippen LogP contribution is -2.12. The van der Waals surface area contributed by atoms with Gasteiger partial charge in [-0.2, -0.15) is 0 Å². The topological polar surface area (TPSA) is 70.6 Å². The molecule has 0 aliphatic rings. The molecule has 0 heterocycles. The Morgan fingerprint density at radius 2 is 2.08 bits per heavy atom. The third-order valence-corrected chi connectivity index (χ3v) is 1.67. The van der Waals surface area contributed by atoms with E-state index in [-0.39, 0.29) is 5.84 Å². The van der Waals surface area contributed by atoms with Gasteiger partial charge in [-0.15, -0.1) is 0 Å². The van der Waals surface area contributed by atoms with Crippen LogP contribution in [-0.2, 0) is 0 Å². The van der Waals surface area contributed by atoms with Crippen LogP contribution in [0.25, 0.3) is 0 Å². The first-order chi connectivity index (χ1) is 6.27. The Balaban J connectivity index is 2.81. The number of benzene rings is 1. The molecule has 4 nitrogen and oxygen atoms in total. The molecule has 13 heavy (non-hydrogen) atoms. The van der Waals surface area contributed by atoms with Crippen LogP contribution in [0.5, 0.6) is 0 Å². The van der Waals surface area contributed by atoms with Crippen molar-refractivity contribution in [3.63, 3.8) is 0 Å². The standard InChI is InChI=1S/C9H13N3O/c1-2-11-8-5-3-7(4-6-8)9(10)12-13/h3-6,11,13H,2H2,1H3,(H2,10,12). The molecule has 0 spiro atoms. The Morgan fingerprint density at radius 1 is 1.46 bits per heavy atom. The highest BCUT2D eigenvalue weighted by molar-refractivity contribution is 5.97. The van der Waals surface area contributed by atoms with E-state index in [4.69, 9.17) is 10.9 Å². The van der Waals surface area contributed by atoms with Crippen LogP contribution in [0.3, 0.4) is 0 Å². The van der Waals surface area contributed by atoms with Gasteiger partial charge in [-0.25, -0.2) is 0 Å². The molecule has 0 atom stereocenters. The summed E-state index contributed by atoms with van der Waals surface area (Å²) in [5.41, 5.74) is 7.14. The minimum absolute atomic E-state index is 0.128. The number of hydrogen-bond acceptors (Lipinski definition) is 3. The molecule has 0 aromatic heterocycles. The molecular weight excluding hydrogens is 166 g/mol. The van der Waals surface area contributed by atoms with Crippen LogP contribution in [-0.4, -0.2) is 17.6 Å². The number of nitrogens with two attached hydrogens (primary N) is 1. The fourth-order valence-corrected chi connectivity index (χ4v) is 1.02. The van der Waals surface area contributed by atoms with Crippen LogP contribution in [0.2, 0.25) is 0 Å². The van der Waals surface area contributed by atoms with Gasteiger partial charge in [-0.1, -0.05) is 5.16 Å². The highest BCUT2D eigenvalue weighted by atomic mass is 16.4. The molecule has 0 fully saturated rings. The van der Waals surface area contributed by atoms with Crippen molar-refractivity contribution in [3.05, 3.63) is 29.8 Å². The van der Waals surface area contributed by atoms with Gasteiger partial charge in [-0.3, -0.25) is 0 Å². The maximum Gasteiger partial charge on any atom is 0.170 e. The summed E-state index contributed by atoms with van der Waals surface area (Å²) in [4.78, 5) is 0. The fourth-order valence-electron chi connectivity index (χ4n) is 1.02. The van der Waals surface area contributed by atoms with E-state index in [1.807, 2.05) is 19.1 Å². The highest BCUT2D eigenvalue weighted by Gasteiger charge is 1.97. The van der Waals surface area contributed by atoms with Crippen molar-refractivity contribution in [2.45, 2.75) is 6.92 Å². The second-order valence-corrected chi connectivity index (χ2v) is 2.59. The van der Waals surface area contributed by atoms with Crippen molar-refractivity contribution in [2.75, 3.05) is 11.9 Å². The molecule has 0 saturated carbocycles. The molecule has 4 N–H and O–H groups in total. The van der Waals surface area contributed by atoms with Gasteiger partial charge in [-0.05, 0) is 31.2 Å². The molecule has 4 heteroatoms. The Labute approximate surface area is 77.1 Å². The van der Waals surface area contributed by atoms with Crippen molar-refractivity contribution in [1.82, 2.24) is 0 Å². The number of oxime groups is 1. The zero-order chi connectivity index (χ0) is 9.68. The molecule has 1 rings (SSSR count). The summed E-state index contributed by atoms with van der Waals surface area (Å²) in [6.45, 7) is 2.90. The maximum absolute atomic E-state index is 8.41. The maximum atomic E-state index is 8.41. The van der Waals surface area contributed by atoms with Gasteiger partial charge >= 0.3 is 0 Å². The van der Waals surface area contributed by atoms with E-state index in [0.29, 0.717) is 5.56 Å². The molecule has 0 radical (unpaired) electrons. The summed E-state index contributed by atoms with van der Waals surface area (Å²) in [5.74, 6) is 0.128. The van der Waals surface area contributed by atoms with Gasteiger partial charge in [0.15, 0.2) is 5.84 Å². The summed E-state index contributed by atoms with van der Waals surface area (Å²) in [6, 6.07) is 7.37. The van der Waals surface area contributed by atoms with Crippen LogP contribution in [0, 0.1) is 0 Å². The first-order valence-corrected chi connectivity index (χ1v) is 4.09. The van der Waals surface area contributed by atoms with Crippen molar-refractivity contribution in [1.29, 1.82) is 0 Å². The predicted octanol–water partition coefficient (Wildman–Crippen LogP) is 1.21. The molecule has 1 aromatic rings. The van der Waals surface area contributed by atoms with Gasteiger partial charge in [0.25, 0.3) is 0 Å². The SMILES string of the molecule is CCNc1ccc(/C(N)=N\O)cc1. The van der Waals surface area contributed by atoms with Crippen LogP contribution < -0.4 is 11.1 Å². The minimum Gasteiger partial charge on any atom is -0.409 e. The zero-order valence-electron chi connectivity index (χ0n) is 7.49. The second-order valence-electron chi connectivity index (χ2n) is 2.59. The highest BCUT2D eigenvalue weighted by Crippen LogP contribution is 2.08. The van der Waals surface area contributed by atoms with Gasteiger partial charge in [0.05, 0.1) is 0 Å². The minimum atomic E-state index is 0.128. The molecule has 0 saturated heterocycles. The van der Waals surface area contributed by atoms with Crippen molar-refractivity contribution in [2.24, 2.45) is 10.9 Å². The normalized spacial score (nSPS) is 11.3. The summed E-state index contributed by atoms with van der Waals surface area (Å²) >= 11 is 0.